The van der Waals surface area contributed by atoms with E-state index in [0.717, 1.165) is 36.2 Å². The normalized spacial score (nSPS) is 13.3. The Labute approximate surface area is 180 Å². The van der Waals surface area contributed by atoms with Gasteiger partial charge in [-0.3, -0.25) is 14.2 Å². The van der Waals surface area contributed by atoms with E-state index in [-0.39, 0.29) is 18.0 Å². The van der Waals surface area contributed by atoms with E-state index in [0.29, 0.717) is 11.4 Å². The van der Waals surface area contributed by atoms with Crippen LogP contribution in [-0.2, 0) is 11.3 Å². The minimum absolute atomic E-state index is 0.0917. The molecule has 1 fully saturated rings. The Kier molecular flexibility index (Phi) is 5.92. The van der Waals surface area contributed by atoms with E-state index in [2.05, 4.69) is 30.5 Å². The minimum Gasteiger partial charge on any atom is -0.341 e. The molecule has 0 saturated carbocycles. The molecule has 1 aliphatic heterocycles. The zero-order valence-corrected chi connectivity index (χ0v) is 17.6. The summed E-state index contributed by atoms with van der Waals surface area (Å²) in [6.07, 6.45) is 3.72. The molecule has 1 aliphatic rings. The molecular formula is C22H25N7O2. The first-order valence-corrected chi connectivity index (χ1v) is 10.3. The zero-order valence-electron chi connectivity index (χ0n) is 17.6. The van der Waals surface area contributed by atoms with Crippen LogP contribution in [0.25, 0.3) is 0 Å². The zero-order chi connectivity index (χ0) is 21.8. The van der Waals surface area contributed by atoms with Crippen LogP contribution in [0.3, 0.4) is 0 Å². The van der Waals surface area contributed by atoms with E-state index in [1.807, 2.05) is 25.1 Å². The number of hydrogen-bond donors (Lipinski definition) is 2. The highest BCUT2D eigenvalue weighted by Gasteiger charge is 2.16. The van der Waals surface area contributed by atoms with Gasteiger partial charge in [0.05, 0.1) is 6.33 Å². The number of benzene rings is 1. The van der Waals surface area contributed by atoms with Gasteiger partial charge in [0.1, 0.15) is 12.4 Å². The van der Waals surface area contributed by atoms with Crippen LogP contribution in [0.2, 0.25) is 0 Å². The number of nitrogens with one attached hydrogen (secondary N) is 2. The maximum absolute atomic E-state index is 12.3. The van der Waals surface area contributed by atoms with Crippen molar-refractivity contribution in [3.63, 3.8) is 0 Å². The number of hydrogen-bond acceptors (Lipinski definition) is 7. The molecule has 0 radical (unpaired) electrons. The first-order chi connectivity index (χ1) is 15.0. The van der Waals surface area contributed by atoms with Crippen LogP contribution in [0.15, 0.2) is 47.5 Å². The number of aromatic nitrogens is 4. The molecule has 3 aromatic rings. The Morgan fingerprint density at radius 3 is 2.42 bits per heavy atom. The largest absolute Gasteiger partial charge is 0.341 e. The fourth-order valence-corrected chi connectivity index (χ4v) is 3.45. The predicted molar refractivity (Wildman–Crippen MR) is 120 cm³/mol. The molecule has 1 amide bonds. The van der Waals surface area contributed by atoms with Gasteiger partial charge in [-0.15, -0.1) is 0 Å². The third-order valence-corrected chi connectivity index (χ3v) is 5.00. The third-order valence-electron chi connectivity index (χ3n) is 5.00. The molecule has 4 rings (SSSR count). The second kappa shape index (κ2) is 8.95. The minimum atomic E-state index is -0.296. The summed E-state index contributed by atoms with van der Waals surface area (Å²) in [5.74, 6) is 1.19. The average molecular weight is 419 g/mol. The smallest absolute Gasteiger partial charge is 0.253 e. The SMILES string of the molecule is Cc1cc(=O)n(CC(=O)Nc2ccc(Nc3cc(C)nc(N4CCCC4)n3)cc2)cn1. The van der Waals surface area contributed by atoms with Gasteiger partial charge in [0.25, 0.3) is 5.56 Å². The van der Waals surface area contributed by atoms with E-state index >= 15 is 0 Å². The molecule has 0 bridgehead atoms. The molecular weight excluding hydrogens is 394 g/mol. The van der Waals surface area contributed by atoms with Crippen molar-refractivity contribution in [1.29, 1.82) is 0 Å². The lowest BCUT2D eigenvalue weighted by Gasteiger charge is -2.17. The van der Waals surface area contributed by atoms with Crippen LogP contribution in [0.1, 0.15) is 24.2 Å². The number of anilines is 4. The quantitative estimate of drug-likeness (QED) is 0.633. The van der Waals surface area contributed by atoms with E-state index < -0.39 is 0 Å². The van der Waals surface area contributed by atoms with E-state index in [9.17, 15) is 9.59 Å². The van der Waals surface area contributed by atoms with Crippen LogP contribution >= 0.6 is 0 Å². The van der Waals surface area contributed by atoms with Gasteiger partial charge in [-0.1, -0.05) is 0 Å². The van der Waals surface area contributed by atoms with E-state index in [1.54, 1.807) is 19.1 Å². The number of rotatable bonds is 6. The Balaban J connectivity index is 1.39. The molecule has 9 heteroatoms. The average Bonchev–Trinajstić information content (AvgIpc) is 3.26. The van der Waals surface area contributed by atoms with Crippen molar-refractivity contribution in [1.82, 2.24) is 19.5 Å². The van der Waals surface area contributed by atoms with Gasteiger partial charge in [-0.2, -0.15) is 4.98 Å². The number of nitrogens with zero attached hydrogens (tertiary/aromatic N) is 5. The summed E-state index contributed by atoms with van der Waals surface area (Å²) in [7, 11) is 0. The maximum atomic E-state index is 12.3. The topological polar surface area (TPSA) is 105 Å². The second-order valence-corrected chi connectivity index (χ2v) is 7.64. The molecule has 1 aromatic carbocycles. The van der Waals surface area contributed by atoms with Gasteiger partial charge >= 0.3 is 0 Å². The summed E-state index contributed by atoms with van der Waals surface area (Å²) in [6.45, 7) is 5.58. The lowest BCUT2D eigenvalue weighted by molar-refractivity contribution is -0.116. The standard InChI is InChI=1S/C22H25N7O2/c1-15-12-21(31)29(14-23-15)13-20(30)26-18-7-5-17(6-8-18)25-19-11-16(2)24-22(27-19)28-9-3-4-10-28/h5-8,11-12,14H,3-4,9-10,13H2,1-2H3,(H,26,30)(H,24,25,27). The van der Waals surface area contributed by atoms with Gasteiger partial charge in [0, 0.05) is 48.0 Å². The van der Waals surface area contributed by atoms with Gasteiger partial charge in [0.15, 0.2) is 0 Å². The maximum Gasteiger partial charge on any atom is 0.253 e. The Bertz CT molecular complexity index is 1140. The fourth-order valence-electron chi connectivity index (χ4n) is 3.45. The van der Waals surface area contributed by atoms with Gasteiger partial charge in [-0.25, -0.2) is 9.97 Å². The second-order valence-electron chi connectivity index (χ2n) is 7.64. The molecule has 0 spiro atoms. The van der Waals surface area contributed by atoms with E-state index in [1.165, 1.54) is 29.8 Å². The monoisotopic (exact) mass is 419 g/mol. The highest BCUT2D eigenvalue weighted by molar-refractivity contribution is 5.90. The highest BCUT2D eigenvalue weighted by Crippen LogP contribution is 2.22. The van der Waals surface area contributed by atoms with Crippen molar-refractivity contribution in [3.05, 3.63) is 64.5 Å². The van der Waals surface area contributed by atoms with Crippen molar-refractivity contribution in [3.8, 4) is 0 Å². The number of carbonyl (C=O) groups excluding carboxylic acids is 1. The molecule has 1 saturated heterocycles. The lowest BCUT2D eigenvalue weighted by atomic mass is 10.2. The van der Waals surface area contributed by atoms with Crippen molar-refractivity contribution in [2.75, 3.05) is 28.6 Å². The van der Waals surface area contributed by atoms with Gasteiger partial charge in [-0.05, 0) is 51.0 Å². The molecule has 0 atom stereocenters. The molecule has 0 aliphatic carbocycles. The molecule has 0 unspecified atom stereocenters. The Hall–Kier alpha value is -3.75. The predicted octanol–water partition coefficient (Wildman–Crippen LogP) is 2.63. The van der Waals surface area contributed by atoms with E-state index in [4.69, 9.17) is 0 Å². The third kappa shape index (κ3) is 5.25. The summed E-state index contributed by atoms with van der Waals surface area (Å²) in [5.41, 5.74) is 2.76. The lowest BCUT2D eigenvalue weighted by Crippen LogP contribution is -2.27. The van der Waals surface area contributed by atoms with Crippen LogP contribution in [-0.4, -0.2) is 38.5 Å². The molecule has 31 heavy (non-hydrogen) atoms. The molecule has 3 heterocycles. The van der Waals surface area contributed by atoms with Crippen molar-refractivity contribution < 1.29 is 4.79 Å². The summed E-state index contributed by atoms with van der Waals surface area (Å²) in [4.78, 5) is 39.6. The van der Waals surface area contributed by atoms with Crippen LogP contribution in [0, 0.1) is 13.8 Å². The Morgan fingerprint density at radius 2 is 1.71 bits per heavy atom. The van der Waals surface area contributed by atoms with Crippen molar-refractivity contribution in [2.45, 2.75) is 33.2 Å². The first-order valence-electron chi connectivity index (χ1n) is 10.3. The molecule has 2 aromatic heterocycles. The van der Waals surface area contributed by atoms with Crippen molar-refractivity contribution in [2.24, 2.45) is 0 Å². The number of carbonyl (C=O) groups is 1. The highest BCUT2D eigenvalue weighted by atomic mass is 16.2. The molecule has 9 nitrogen and oxygen atoms in total. The summed E-state index contributed by atoms with van der Waals surface area (Å²) < 4.78 is 1.27. The van der Waals surface area contributed by atoms with Crippen LogP contribution in [0.5, 0.6) is 0 Å². The fraction of sp³-hybridized carbons (Fsp3) is 0.318. The Morgan fingerprint density at radius 1 is 1.00 bits per heavy atom. The summed E-state index contributed by atoms with van der Waals surface area (Å²) in [6, 6.07) is 10.6. The van der Waals surface area contributed by atoms with Crippen molar-refractivity contribution >= 4 is 29.0 Å². The van der Waals surface area contributed by atoms with Gasteiger partial charge < -0.3 is 15.5 Å². The summed E-state index contributed by atoms with van der Waals surface area (Å²) >= 11 is 0. The summed E-state index contributed by atoms with van der Waals surface area (Å²) in [5, 5.41) is 6.09. The van der Waals surface area contributed by atoms with Crippen LogP contribution < -0.4 is 21.1 Å². The van der Waals surface area contributed by atoms with Crippen LogP contribution in [0.4, 0.5) is 23.1 Å². The number of amides is 1. The number of aryl methyl sites for hydroxylation is 2. The molecule has 160 valence electrons. The molecule has 2 N–H and O–H groups in total. The first kappa shape index (κ1) is 20.5. The van der Waals surface area contributed by atoms with Gasteiger partial charge in [0.2, 0.25) is 11.9 Å².